The fraction of sp³-hybridized carbons (Fsp3) is 0.524. The van der Waals surface area contributed by atoms with Gasteiger partial charge in [-0.2, -0.15) is 0 Å². The molecule has 0 saturated carbocycles. The van der Waals surface area contributed by atoms with Gasteiger partial charge >= 0.3 is 0 Å². The molecule has 1 atom stereocenters. The van der Waals surface area contributed by atoms with Gasteiger partial charge in [-0.3, -0.25) is 0 Å². The number of unbranched alkanes of at least 4 members (excludes halogenated alkanes) is 4. The molecule has 1 N–H and O–H groups in total. The molecule has 0 fully saturated rings. The largest absolute Gasteiger partial charge is 0.393 e. The highest BCUT2D eigenvalue weighted by atomic mass is 16.3. The second-order valence-corrected chi connectivity index (χ2v) is 5.41. The summed E-state index contributed by atoms with van der Waals surface area (Å²) in [7, 11) is 0. The average molecular weight is 300 g/mol. The molecule has 1 aromatic carbocycles. The maximum absolute atomic E-state index is 9.85. The molecule has 0 heterocycles. The van der Waals surface area contributed by atoms with Gasteiger partial charge in [0.2, 0.25) is 0 Å². The quantitative estimate of drug-likeness (QED) is 0.361. The lowest BCUT2D eigenvalue weighted by molar-refractivity contribution is 0.152. The molecule has 22 heavy (non-hydrogen) atoms. The molecular weight excluding hydrogens is 268 g/mol. The highest BCUT2D eigenvalue weighted by Gasteiger charge is 2.02. The normalized spacial score (nSPS) is 10.8. The third-order valence-electron chi connectivity index (χ3n) is 3.50. The summed E-state index contributed by atoms with van der Waals surface area (Å²) in [6.07, 6.45) is 9.52. The molecule has 122 valence electrons. The molecule has 0 bridgehead atoms. The van der Waals surface area contributed by atoms with E-state index in [9.17, 15) is 5.11 Å². The number of hydrogen-bond acceptors (Lipinski definition) is 1. The minimum atomic E-state index is -0.164. The van der Waals surface area contributed by atoms with Crippen LogP contribution in [0.4, 0.5) is 0 Å². The Labute approximate surface area is 137 Å². The van der Waals surface area contributed by atoms with Crippen molar-refractivity contribution in [2.24, 2.45) is 0 Å². The zero-order valence-corrected chi connectivity index (χ0v) is 14.2. The number of hydrogen-bond donors (Lipinski definition) is 1. The highest BCUT2D eigenvalue weighted by molar-refractivity contribution is 5.20. The van der Waals surface area contributed by atoms with Crippen molar-refractivity contribution in [2.75, 3.05) is 0 Å². The summed E-state index contributed by atoms with van der Waals surface area (Å²) in [5, 5.41) is 9.85. The van der Waals surface area contributed by atoms with Gasteiger partial charge in [0.25, 0.3) is 0 Å². The number of benzene rings is 1. The fourth-order valence-electron chi connectivity index (χ4n) is 2.22. The lowest BCUT2D eigenvalue weighted by Gasteiger charge is -2.07. The predicted molar refractivity (Wildman–Crippen MR) is 97.8 cm³/mol. The summed E-state index contributed by atoms with van der Waals surface area (Å²) in [6.45, 7) is 8.23. The molecule has 0 aliphatic carbocycles. The molecule has 0 aromatic heterocycles. The van der Waals surface area contributed by atoms with E-state index in [2.05, 4.69) is 44.1 Å². The Morgan fingerprint density at radius 2 is 1.64 bits per heavy atom. The van der Waals surface area contributed by atoms with Gasteiger partial charge in [-0.1, -0.05) is 75.3 Å². The Morgan fingerprint density at radius 3 is 2.32 bits per heavy atom. The van der Waals surface area contributed by atoms with E-state index in [0.29, 0.717) is 0 Å². The smallest absolute Gasteiger partial charge is 0.0549 e. The molecule has 0 aliphatic heterocycles. The van der Waals surface area contributed by atoms with Gasteiger partial charge in [-0.25, -0.2) is 0 Å². The van der Waals surface area contributed by atoms with Crippen LogP contribution in [0, 0.1) is 11.8 Å². The van der Waals surface area contributed by atoms with Crippen LogP contribution in [0.1, 0.15) is 63.9 Å². The van der Waals surface area contributed by atoms with E-state index >= 15 is 0 Å². The van der Waals surface area contributed by atoms with Crippen molar-refractivity contribution in [1.29, 1.82) is 0 Å². The third kappa shape index (κ3) is 12.2. The van der Waals surface area contributed by atoms with E-state index in [4.69, 9.17) is 0 Å². The monoisotopic (exact) mass is 300 g/mol. The predicted octanol–water partition coefficient (Wildman–Crippen LogP) is 5.54. The molecule has 0 saturated heterocycles. The zero-order chi connectivity index (χ0) is 16.5. The SMILES string of the molecule is C=C.CCCCCCCC(O)CCC#CCc1ccccc1. The molecule has 1 nitrogen and oxygen atoms in total. The van der Waals surface area contributed by atoms with Crippen molar-refractivity contribution >= 4 is 0 Å². The third-order valence-corrected chi connectivity index (χ3v) is 3.50. The van der Waals surface area contributed by atoms with Crippen LogP contribution in [-0.4, -0.2) is 11.2 Å². The lowest BCUT2D eigenvalue weighted by Crippen LogP contribution is -2.05. The fourth-order valence-corrected chi connectivity index (χ4v) is 2.22. The van der Waals surface area contributed by atoms with Crippen LogP contribution in [0.15, 0.2) is 43.5 Å². The van der Waals surface area contributed by atoms with Crippen LogP contribution in [0.3, 0.4) is 0 Å². The Hall–Kier alpha value is -1.52. The molecule has 0 amide bonds. The average Bonchev–Trinajstić information content (AvgIpc) is 2.57. The second-order valence-electron chi connectivity index (χ2n) is 5.41. The van der Waals surface area contributed by atoms with E-state index in [1.165, 1.54) is 31.2 Å². The first-order valence-corrected chi connectivity index (χ1v) is 8.50. The molecule has 0 radical (unpaired) electrons. The van der Waals surface area contributed by atoms with Crippen LogP contribution in [0.2, 0.25) is 0 Å². The summed E-state index contributed by atoms with van der Waals surface area (Å²) in [6, 6.07) is 10.3. The van der Waals surface area contributed by atoms with Crippen LogP contribution in [-0.2, 0) is 6.42 Å². The van der Waals surface area contributed by atoms with Crippen LogP contribution >= 0.6 is 0 Å². The number of rotatable bonds is 9. The van der Waals surface area contributed by atoms with E-state index in [0.717, 1.165) is 32.1 Å². The van der Waals surface area contributed by atoms with Crippen molar-refractivity contribution < 1.29 is 5.11 Å². The minimum Gasteiger partial charge on any atom is -0.393 e. The summed E-state index contributed by atoms with van der Waals surface area (Å²) in [5.41, 5.74) is 1.26. The zero-order valence-electron chi connectivity index (χ0n) is 14.2. The van der Waals surface area contributed by atoms with Gasteiger partial charge in [0.05, 0.1) is 6.10 Å². The van der Waals surface area contributed by atoms with E-state index in [1.54, 1.807) is 0 Å². The van der Waals surface area contributed by atoms with Gasteiger partial charge in [-0.05, 0) is 18.4 Å². The molecule has 1 unspecified atom stereocenters. The van der Waals surface area contributed by atoms with E-state index in [1.807, 2.05) is 18.2 Å². The van der Waals surface area contributed by atoms with Crippen LogP contribution < -0.4 is 0 Å². The molecule has 0 spiro atoms. The molecule has 0 aliphatic rings. The van der Waals surface area contributed by atoms with Gasteiger partial charge in [0.1, 0.15) is 0 Å². The van der Waals surface area contributed by atoms with Crippen molar-refractivity contribution in [3.8, 4) is 11.8 Å². The van der Waals surface area contributed by atoms with Crippen LogP contribution in [0.5, 0.6) is 0 Å². The summed E-state index contributed by atoms with van der Waals surface area (Å²) < 4.78 is 0. The Morgan fingerprint density at radius 1 is 0.955 bits per heavy atom. The Bertz CT molecular complexity index is 399. The summed E-state index contributed by atoms with van der Waals surface area (Å²) >= 11 is 0. The standard InChI is InChI=1S/C19H28O.C2H4/c1-2-3-4-5-11-16-19(20)17-12-7-10-15-18-13-8-6-9-14-18;1-2/h6,8-9,13-14,19-20H,2-5,11-12,15-17H2,1H3;1-2H2. The number of aliphatic hydroxyl groups is 1. The Kier molecular flexibility index (Phi) is 14.8. The maximum atomic E-state index is 9.85. The van der Waals surface area contributed by atoms with Crippen molar-refractivity contribution in [3.05, 3.63) is 49.1 Å². The summed E-state index contributed by atoms with van der Waals surface area (Å²) in [5.74, 6) is 6.35. The minimum absolute atomic E-state index is 0.164. The number of aliphatic hydroxyl groups excluding tert-OH is 1. The molecular formula is C21H32O. The van der Waals surface area contributed by atoms with E-state index in [-0.39, 0.29) is 6.10 Å². The van der Waals surface area contributed by atoms with Crippen molar-refractivity contribution in [1.82, 2.24) is 0 Å². The highest BCUT2D eigenvalue weighted by Crippen LogP contribution is 2.10. The van der Waals surface area contributed by atoms with Crippen LogP contribution in [0.25, 0.3) is 0 Å². The van der Waals surface area contributed by atoms with E-state index < -0.39 is 0 Å². The van der Waals surface area contributed by atoms with Gasteiger partial charge in [0.15, 0.2) is 0 Å². The Balaban J connectivity index is 0.00000211. The van der Waals surface area contributed by atoms with Crippen molar-refractivity contribution in [2.45, 2.75) is 70.8 Å². The molecule has 1 aromatic rings. The summed E-state index contributed by atoms with van der Waals surface area (Å²) in [4.78, 5) is 0. The second kappa shape index (κ2) is 15.9. The van der Waals surface area contributed by atoms with Gasteiger partial charge in [-0.15, -0.1) is 19.1 Å². The maximum Gasteiger partial charge on any atom is 0.0549 e. The lowest BCUT2D eigenvalue weighted by atomic mass is 10.0. The first-order chi connectivity index (χ1) is 10.8. The van der Waals surface area contributed by atoms with Gasteiger partial charge < -0.3 is 5.11 Å². The van der Waals surface area contributed by atoms with Gasteiger partial charge in [0, 0.05) is 12.8 Å². The van der Waals surface area contributed by atoms with Crippen molar-refractivity contribution in [3.63, 3.8) is 0 Å². The molecule has 1 rings (SSSR count). The molecule has 1 heteroatoms. The first-order valence-electron chi connectivity index (χ1n) is 8.50. The topological polar surface area (TPSA) is 20.2 Å². The first kappa shape index (κ1) is 20.5.